The summed E-state index contributed by atoms with van der Waals surface area (Å²) in [6.07, 6.45) is 0. The molecule has 0 spiro atoms. The van der Waals surface area contributed by atoms with Crippen LogP contribution in [-0.4, -0.2) is 9.97 Å². The number of nitrogens with zero attached hydrogens (tertiary/aromatic N) is 2. The largest absolute Gasteiger partial charge is 0.296 e. The van der Waals surface area contributed by atoms with Crippen molar-refractivity contribution in [2.45, 2.75) is 0 Å². The van der Waals surface area contributed by atoms with E-state index in [1.807, 2.05) is 84.9 Å². The minimum atomic E-state index is 0. The van der Waals surface area contributed by atoms with Gasteiger partial charge < -0.3 is 0 Å². The maximum Gasteiger partial charge on any atom is 0.0709 e. The van der Waals surface area contributed by atoms with Crippen molar-refractivity contribution in [3.05, 3.63) is 133 Å². The normalized spacial score (nSPS) is 10.2. The van der Waals surface area contributed by atoms with E-state index in [2.05, 4.69) is 58.5 Å². The van der Waals surface area contributed by atoms with E-state index in [9.17, 15) is 0 Å². The molecular weight excluding hydrogens is 581 g/mol. The first-order valence-electron chi connectivity index (χ1n) is 10.6. The van der Waals surface area contributed by atoms with Gasteiger partial charge in [-0.25, -0.2) is 4.98 Å². The molecule has 0 saturated carbocycles. The van der Waals surface area contributed by atoms with Crippen LogP contribution in [-0.2, 0) is 20.1 Å². The quantitative estimate of drug-likeness (QED) is 0.191. The van der Waals surface area contributed by atoms with E-state index >= 15 is 0 Å². The van der Waals surface area contributed by atoms with E-state index in [0.29, 0.717) is 0 Å². The second-order valence-corrected chi connectivity index (χ2v) is 7.42. The van der Waals surface area contributed by atoms with E-state index in [0.717, 1.165) is 33.5 Å². The average molecular weight is 602 g/mol. The summed E-state index contributed by atoms with van der Waals surface area (Å²) in [4.78, 5) is 9.26. The number of benzene rings is 4. The third kappa shape index (κ3) is 5.40. The van der Waals surface area contributed by atoms with Crippen LogP contribution in [0.15, 0.2) is 127 Å². The number of para-hydroxylation sites is 2. The number of hydrogen-bond acceptors (Lipinski definition) is 2. The van der Waals surface area contributed by atoms with Crippen LogP contribution in [0.3, 0.4) is 0 Å². The Morgan fingerprint density at radius 3 is 1.64 bits per heavy atom. The number of pyridine rings is 2. The molecule has 1 radical (unpaired) electrons. The zero-order valence-corrected chi connectivity index (χ0v) is 20.2. The van der Waals surface area contributed by atoms with Crippen molar-refractivity contribution in [1.82, 2.24) is 9.97 Å². The van der Waals surface area contributed by atoms with Crippen LogP contribution < -0.4 is 0 Å². The number of rotatable bonds is 2. The van der Waals surface area contributed by atoms with Crippen molar-refractivity contribution in [2.24, 2.45) is 0 Å². The molecule has 0 bridgehead atoms. The van der Waals surface area contributed by atoms with Gasteiger partial charge in [0.2, 0.25) is 0 Å². The first-order valence-corrected chi connectivity index (χ1v) is 10.6. The Hall–Kier alpha value is -3.65. The fourth-order valence-corrected chi connectivity index (χ4v) is 3.60. The number of aromatic nitrogens is 2. The summed E-state index contributed by atoms with van der Waals surface area (Å²) in [6, 6.07) is 46.0. The second kappa shape index (κ2) is 10.8. The van der Waals surface area contributed by atoms with Crippen LogP contribution in [0.2, 0.25) is 0 Å². The van der Waals surface area contributed by atoms with Crippen LogP contribution in [0.5, 0.6) is 0 Å². The first-order chi connectivity index (χ1) is 15.9. The van der Waals surface area contributed by atoms with Gasteiger partial charge in [-0.05, 0) is 29.3 Å². The van der Waals surface area contributed by atoms with Gasteiger partial charge in [-0.15, -0.1) is 35.9 Å². The van der Waals surface area contributed by atoms with Gasteiger partial charge in [-0.3, -0.25) is 4.98 Å². The molecule has 4 aromatic carbocycles. The fourth-order valence-electron chi connectivity index (χ4n) is 3.60. The summed E-state index contributed by atoms with van der Waals surface area (Å²) in [6.45, 7) is 0. The molecule has 0 aliphatic carbocycles. The minimum Gasteiger partial charge on any atom is -0.296 e. The second-order valence-electron chi connectivity index (χ2n) is 7.42. The fraction of sp³-hybridized carbons (Fsp3) is 0. The topological polar surface area (TPSA) is 25.8 Å². The maximum atomic E-state index is 4.65. The van der Waals surface area contributed by atoms with Crippen LogP contribution in [0.1, 0.15) is 0 Å². The van der Waals surface area contributed by atoms with Crippen LogP contribution in [0, 0.1) is 6.07 Å². The first kappa shape index (κ1) is 22.5. The van der Waals surface area contributed by atoms with Crippen molar-refractivity contribution >= 4 is 21.8 Å². The van der Waals surface area contributed by atoms with Gasteiger partial charge in [0.05, 0.1) is 16.7 Å². The van der Waals surface area contributed by atoms with Gasteiger partial charge in [-0.1, -0.05) is 84.9 Å². The molecule has 0 N–H and O–H groups in total. The molecule has 0 saturated heterocycles. The van der Waals surface area contributed by atoms with E-state index < -0.39 is 0 Å². The molecule has 6 rings (SSSR count). The Labute approximate surface area is 207 Å². The van der Waals surface area contributed by atoms with E-state index in [1.54, 1.807) is 0 Å². The monoisotopic (exact) mass is 602 g/mol. The van der Waals surface area contributed by atoms with Gasteiger partial charge in [0.25, 0.3) is 0 Å². The molecule has 2 heterocycles. The van der Waals surface area contributed by atoms with E-state index in [-0.39, 0.29) is 20.1 Å². The Kier molecular flexibility index (Phi) is 7.36. The molecule has 3 heteroatoms. The Bertz CT molecular complexity index is 1350. The number of fused-ring (bicyclic) bond motifs is 2. The third-order valence-corrected chi connectivity index (χ3v) is 5.25. The minimum absolute atomic E-state index is 0. The molecule has 2 nitrogen and oxygen atoms in total. The van der Waals surface area contributed by atoms with Crippen molar-refractivity contribution in [3.63, 3.8) is 0 Å². The summed E-state index contributed by atoms with van der Waals surface area (Å²) in [5, 5.41) is 2.35. The summed E-state index contributed by atoms with van der Waals surface area (Å²) < 4.78 is 0. The van der Waals surface area contributed by atoms with Gasteiger partial charge >= 0.3 is 0 Å². The maximum absolute atomic E-state index is 4.65. The Balaban J connectivity index is 0.000000152. The summed E-state index contributed by atoms with van der Waals surface area (Å²) in [5.41, 5.74) is 6.27. The average Bonchev–Trinajstić information content (AvgIpc) is 2.89. The Morgan fingerprint density at radius 1 is 0.455 bits per heavy atom. The predicted octanol–water partition coefficient (Wildman–Crippen LogP) is 7.60. The molecule has 0 aliphatic heterocycles. The van der Waals surface area contributed by atoms with Crippen LogP contribution >= 0.6 is 0 Å². The standard InChI is InChI=1S/C15H11N.C15H10N.Ir/c2*1-2-6-12(7-3-1)15-11-10-13-8-4-5-9-14(13)16-15;/h1-11H;1-6,8-11H;/q;-1;. The third-order valence-electron chi connectivity index (χ3n) is 5.25. The smallest absolute Gasteiger partial charge is 0.0709 e. The van der Waals surface area contributed by atoms with Crippen molar-refractivity contribution in [2.75, 3.05) is 0 Å². The molecule has 0 unspecified atom stereocenters. The zero-order valence-electron chi connectivity index (χ0n) is 17.9. The molecule has 0 aliphatic rings. The molecule has 161 valence electrons. The Morgan fingerprint density at radius 2 is 1.00 bits per heavy atom. The number of hydrogen-bond donors (Lipinski definition) is 0. The molecule has 6 aromatic rings. The van der Waals surface area contributed by atoms with Crippen LogP contribution in [0.25, 0.3) is 44.3 Å². The van der Waals surface area contributed by atoms with Crippen LogP contribution in [0.4, 0.5) is 0 Å². The molecule has 33 heavy (non-hydrogen) atoms. The van der Waals surface area contributed by atoms with Crippen molar-refractivity contribution in [3.8, 4) is 22.5 Å². The summed E-state index contributed by atoms with van der Waals surface area (Å²) in [7, 11) is 0. The SMILES string of the molecule is [Ir].[c-]1ccccc1-c1ccc2ccccc2n1.c1ccc(-c2ccc3ccccc3n2)cc1. The van der Waals surface area contributed by atoms with Gasteiger partial charge in [-0.2, -0.15) is 0 Å². The van der Waals surface area contributed by atoms with Crippen molar-refractivity contribution in [1.29, 1.82) is 0 Å². The predicted molar refractivity (Wildman–Crippen MR) is 133 cm³/mol. The summed E-state index contributed by atoms with van der Waals surface area (Å²) in [5.74, 6) is 0. The van der Waals surface area contributed by atoms with Gasteiger partial charge in [0.1, 0.15) is 0 Å². The van der Waals surface area contributed by atoms with Crippen molar-refractivity contribution < 1.29 is 20.1 Å². The zero-order chi connectivity index (χ0) is 21.6. The molecular formula is C30H21IrN2-. The molecule has 0 amide bonds. The van der Waals surface area contributed by atoms with E-state index in [1.165, 1.54) is 10.8 Å². The molecule has 2 aromatic heterocycles. The van der Waals surface area contributed by atoms with Gasteiger partial charge in [0.15, 0.2) is 0 Å². The van der Waals surface area contributed by atoms with E-state index in [4.69, 9.17) is 0 Å². The summed E-state index contributed by atoms with van der Waals surface area (Å²) >= 11 is 0. The van der Waals surface area contributed by atoms with Gasteiger partial charge in [0, 0.05) is 31.1 Å². The molecule has 0 atom stereocenters. The molecule has 0 fully saturated rings.